The van der Waals surface area contributed by atoms with Crippen LogP contribution in [-0.4, -0.2) is 54.6 Å². The van der Waals surface area contributed by atoms with Crippen molar-refractivity contribution in [2.24, 2.45) is 5.73 Å². The highest BCUT2D eigenvalue weighted by atomic mass is 16.5. The number of hydrogen-bond donors (Lipinski definition) is 2. The molecular formula is C14H27N3O3. The Morgan fingerprint density at radius 3 is 2.55 bits per heavy atom. The van der Waals surface area contributed by atoms with E-state index >= 15 is 0 Å². The van der Waals surface area contributed by atoms with Gasteiger partial charge in [-0.3, -0.25) is 9.59 Å². The van der Waals surface area contributed by atoms with Crippen LogP contribution in [0.5, 0.6) is 0 Å². The molecule has 0 saturated carbocycles. The Hall–Kier alpha value is -1.14. The van der Waals surface area contributed by atoms with Crippen molar-refractivity contribution >= 4 is 11.8 Å². The van der Waals surface area contributed by atoms with Crippen LogP contribution in [0.4, 0.5) is 0 Å². The number of carbonyl (C=O) groups is 2. The third-order valence-corrected chi connectivity index (χ3v) is 3.93. The number of carbonyl (C=O) groups excluding carboxylic acids is 2. The van der Waals surface area contributed by atoms with Crippen molar-refractivity contribution < 1.29 is 14.3 Å². The zero-order chi connectivity index (χ0) is 15.2. The van der Waals surface area contributed by atoms with Crippen molar-refractivity contribution in [2.45, 2.75) is 51.6 Å². The molecule has 1 heterocycles. The molecule has 0 aliphatic carbocycles. The van der Waals surface area contributed by atoms with Gasteiger partial charge in [0, 0.05) is 13.1 Å². The van der Waals surface area contributed by atoms with Gasteiger partial charge in [0.15, 0.2) is 0 Å². The second-order valence-corrected chi connectivity index (χ2v) is 5.24. The highest BCUT2D eigenvalue weighted by molar-refractivity contribution is 5.92. The smallest absolute Gasteiger partial charge is 0.245 e. The van der Waals surface area contributed by atoms with Crippen molar-refractivity contribution in [3.8, 4) is 0 Å². The number of nitrogens with two attached hydrogens (primary N) is 1. The minimum atomic E-state index is -0.888. The fourth-order valence-electron chi connectivity index (χ4n) is 2.27. The Morgan fingerprint density at radius 1 is 1.35 bits per heavy atom. The van der Waals surface area contributed by atoms with Crippen molar-refractivity contribution in [2.75, 3.05) is 26.3 Å². The summed E-state index contributed by atoms with van der Waals surface area (Å²) in [5.41, 5.74) is 5.28. The maximum absolute atomic E-state index is 12.6. The van der Waals surface area contributed by atoms with Crippen LogP contribution in [-0.2, 0) is 14.3 Å². The highest BCUT2D eigenvalue weighted by Gasteiger charge is 2.40. The van der Waals surface area contributed by atoms with Gasteiger partial charge in [-0.05, 0) is 19.3 Å². The Kier molecular flexibility index (Phi) is 6.42. The summed E-state index contributed by atoms with van der Waals surface area (Å²) >= 11 is 0. The quantitative estimate of drug-likeness (QED) is 0.733. The number of hydrogen-bond acceptors (Lipinski definition) is 4. The average molecular weight is 285 g/mol. The van der Waals surface area contributed by atoms with Gasteiger partial charge in [-0.15, -0.1) is 0 Å². The standard InChI is InChI=1S/C14H27N3O3/c1-4-7-16-12(18)11-10-20-9-8-17(11)13(19)14(15,5-2)6-3/h11H,4-10,15H2,1-3H3,(H,16,18). The second-order valence-electron chi connectivity index (χ2n) is 5.24. The third-order valence-electron chi connectivity index (χ3n) is 3.93. The van der Waals surface area contributed by atoms with Crippen molar-refractivity contribution in [1.29, 1.82) is 0 Å². The Labute approximate surface area is 121 Å². The van der Waals surface area contributed by atoms with Crippen LogP contribution in [0.25, 0.3) is 0 Å². The van der Waals surface area contributed by atoms with Gasteiger partial charge in [-0.2, -0.15) is 0 Å². The number of ether oxygens (including phenoxy) is 1. The Balaban J connectivity index is 2.83. The molecule has 1 aliphatic heterocycles. The SMILES string of the molecule is CCCNC(=O)C1COCCN1C(=O)C(N)(CC)CC. The summed E-state index contributed by atoms with van der Waals surface area (Å²) in [6, 6.07) is -0.566. The lowest BCUT2D eigenvalue weighted by atomic mass is 9.91. The van der Waals surface area contributed by atoms with E-state index in [1.807, 2.05) is 20.8 Å². The van der Waals surface area contributed by atoms with E-state index in [9.17, 15) is 9.59 Å². The minimum Gasteiger partial charge on any atom is -0.377 e. The molecule has 0 aromatic heterocycles. The van der Waals surface area contributed by atoms with E-state index in [2.05, 4.69) is 5.32 Å². The molecule has 6 nitrogen and oxygen atoms in total. The fraction of sp³-hybridized carbons (Fsp3) is 0.857. The maximum Gasteiger partial charge on any atom is 0.245 e. The van der Waals surface area contributed by atoms with E-state index in [1.54, 1.807) is 4.90 Å². The van der Waals surface area contributed by atoms with Gasteiger partial charge < -0.3 is 20.7 Å². The highest BCUT2D eigenvalue weighted by Crippen LogP contribution is 2.19. The minimum absolute atomic E-state index is 0.151. The van der Waals surface area contributed by atoms with Gasteiger partial charge in [-0.1, -0.05) is 20.8 Å². The molecule has 2 amide bonds. The first-order valence-electron chi connectivity index (χ1n) is 7.45. The van der Waals surface area contributed by atoms with Crippen LogP contribution in [0.2, 0.25) is 0 Å². The largest absolute Gasteiger partial charge is 0.377 e. The molecular weight excluding hydrogens is 258 g/mol. The third kappa shape index (κ3) is 3.70. The summed E-state index contributed by atoms with van der Waals surface area (Å²) in [7, 11) is 0. The monoisotopic (exact) mass is 285 g/mol. The number of nitrogens with zero attached hydrogens (tertiary/aromatic N) is 1. The predicted octanol–water partition coefficient (Wildman–Crippen LogP) is 0.258. The molecule has 1 unspecified atom stereocenters. The summed E-state index contributed by atoms with van der Waals surface area (Å²) in [5.74, 6) is -0.308. The summed E-state index contributed by atoms with van der Waals surface area (Å²) < 4.78 is 5.35. The summed E-state index contributed by atoms with van der Waals surface area (Å²) in [5, 5.41) is 2.82. The van der Waals surface area contributed by atoms with Gasteiger partial charge in [0.1, 0.15) is 6.04 Å². The molecule has 1 atom stereocenters. The van der Waals surface area contributed by atoms with E-state index < -0.39 is 11.6 Å². The van der Waals surface area contributed by atoms with Gasteiger partial charge in [0.25, 0.3) is 0 Å². The fourth-order valence-corrected chi connectivity index (χ4v) is 2.27. The molecule has 0 aromatic carbocycles. The molecule has 116 valence electrons. The molecule has 20 heavy (non-hydrogen) atoms. The zero-order valence-electron chi connectivity index (χ0n) is 12.8. The van der Waals surface area contributed by atoms with Crippen LogP contribution < -0.4 is 11.1 Å². The molecule has 0 radical (unpaired) electrons. The molecule has 1 rings (SSSR count). The van der Waals surface area contributed by atoms with Crippen molar-refractivity contribution in [3.05, 3.63) is 0 Å². The zero-order valence-corrected chi connectivity index (χ0v) is 12.8. The van der Waals surface area contributed by atoms with E-state index in [4.69, 9.17) is 10.5 Å². The molecule has 0 aromatic rings. The molecule has 1 saturated heterocycles. The van der Waals surface area contributed by atoms with E-state index in [0.717, 1.165) is 6.42 Å². The lowest BCUT2D eigenvalue weighted by Crippen LogP contribution is -2.63. The molecule has 1 fully saturated rings. The average Bonchev–Trinajstić information content (AvgIpc) is 2.51. The first-order valence-corrected chi connectivity index (χ1v) is 7.45. The van der Waals surface area contributed by atoms with Crippen LogP contribution in [0.1, 0.15) is 40.0 Å². The topological polar surface area (TPSA) is 84.7 Å². The molecule has 1 aliphatic rings. The Morgan fingerprint density at radius 2 is 2.00 bits per heavy atom. The van der Waals surface area contributed by atoms with Gasteiger partial charge in [0.05, 0.1) is 18.8 Å². The van der Waals surface area contributed by atoms with Gasteiger partial charge >= 0.3 is 0 Å². The van der Waals surface area contributed by atoms with Crippen LogP contribution in [0, 0.1) is 0 Å². The predicted molar refractivity (Wildman–Crippen MR) is 77.1 cm³/mol. The van der Waals surface area contributed by atoms with E-state index in [1.165, 1.54) is 0 Å². The van der Waals surface area contributed by atoms with Gasteiger partial charge in [0.2, 0.25) is 11.8 Å². The van der Waals surface area contributed by atoms with Gasteiger partial charge in [-0.25, -0.2) is 0 Å². The van der Waals surface area contributed by atoms with Crippen LogP contribution >= 0.6 is 0 Å². The maximum atomic E-state index is 12.6. The van der Waals surface area contributed by atoms with Crippen molar-refractivity contribution in [1.82, 2.24) is 10.2 Å². The van der Waals surface area contributed by atoms with Crippen molar-refractivity contribution in [3.63, 3.8) is 0 Å². The number of amides is 2. The molecule has 3 N–H and O–H groups in total. The van der Waals surface area contributed by atoms with E-state index in [-0.39, 0.29) is 18.4 Å². The first kappa shape index (κ1) is 16.9. The molecule has 0 spiro atoms. The van der Waals surface area contributed by atoms with E-state index in [0.29, 0.717) is 32.5 Å². The number of morpholine rings is 1. The number of rotatable bonds is 6. The molecule has 6 heteroatoms. The normalized spacial score (nSPS) is 19.8. The number of nitrogens with one attached hydrogen (secondary N) is 1. The lowest BCUT2D eigenvalue weighted by Gasteiger charge is -2.39. The Bertz CT molecular complexity index is 343. The van der Waals surface area contributed by atoms with Crippen LogP contribution in [0.15, 0.2) is 0 Å². The van der Waals surface area contributed by atoms with Crippen LogP contribution in [0.3, 0.4) is 0 Å². The summed E-state index contributed by atoms with van der Waals surface area (Å²) in [6.07, 6.45) is 1.98. The summed E-state index contributed by atoms with van der Waals surface area (Å²) in [6.45, 7) is 7.49. The first-order chi connectivity index (χ1) is 9.50. The second kappa shape index (κ2) is 7.59. The summed E-state index contributed by atoms with van der Waals surface area (Å²) in [4.78, 5) is 26.4. The lowest BCUT2D eigenvalue weighted by molar-refractivity contribution is -0.152. The molecule has 0 bridgehead atoms.